The number of hydrogen-bond donors (Lipinski definition) is 1. The molecule has 7 nitrogen and oxygen atoms in total. The van der Waals surface area contributed by atoms with Crippen LogP contribution >= 0.6 is 11.6 Å². The Kier molecular flexibility index (Phi) is 7.36. The van der Waals surface area contributed by atoms with Crippen molar-refractivity contribution in [2.24, 2.45) is 5.92 Å². The predicted molar refractivity (Wildman–Crippen MR) is 136 cm³/mol. The Bertz CT molecular complexity index is 1310. The first kappa shape index (κ1) is 24.3. The number of halogens is 1. The lowest BCUT2D eigenvalue weighted by Gasteiger charge is -2.23. The summed E-state index contributed by atoms with van der Waals surface area (Å²) < 4.78 is 7.22. The Morgan fingerprint density at radius 3 is 2.54 bits per heavy atom. The molecule has 2 aromatic carbocycles. The summed E-state index contributed by atoms with van der Waals surface area (Å²) in [5.41, 5.74) is 3.49. The number of aromatic nitrogens is 2. The largest absolute Gasteiger partial charge is 0.467 e. The van der Waals surface area contributed by atoms with E-state index < -0.39 is 0 Å². The van der Waals surface area contributed by atoms with E-state index in [1.165, 1.54) is 4.90 Å². The first-order chi connectivity index (χ1) is 16.8. The number of furan rings is 1. The van der Waals surface area contributed by atoms with Gasteiger partial charge >= 0.3 is 0 Å². The van der Waals surface area contributed by atoms with Crippen molar-refractivity contribution in [3.8, 4) is 16.9 Å². The van der Waals surface area contributed by atoms with Gasteiger partial charge in [-0.2, -0.15) is 0 Å². The maximum absolute atomic E-state index is 13.1. The number of anilines is 1. The third-order valence-electron chi connectivity index (χ3n) is 5.44. The van der Waals surface area contributed by atoms with Gasteiger partial charge in [0.1, 0.15) is 12.3 Å². The van der Waals surface area contributed by atoms with E-state index in [1.54, 1.807) is 44.4 Å². The number of rotatable bonds is 8. The first-order valence-corrected chi connectivity index (χ1v) is 11.7. The van der Waals surface area contributed by atoms with Gasteiger partial charge in [-0.15, -0.1) is 0 Å². The fourth-order valence-corrected chi connectivity index (χ4v) is 3.83. The normalized spacial score (nSPS) is 11.0. The number of carbonyl (C=O) groups is 2. The molecule has 35 heavy (non-hydrogen) atoms. The molecule has 0 aliphatic carbocycles. The minimum atomic E-state index is -0.354. The highest BCUT2D eigenvalue weighted by molar-refractivity contribution is 6.30. The highest BCUT2D eigenvalue weighted by Crippen LogP contribution is 2.26. The molecule has 1 N–H and O–H groups in total. The minimum Gasteiger partial charge on any atom is -0.467 e. The molecular formula is C27H27ClN4O3. The zero-order chi connectivity index (χ0) is 24.9. The van der Waals surface area contributed by atoms with Crippen molar-refractivity contribution in [1.29, 1.82) is 0 Å². The molecule has 0 bridgehead atoms. The van der Waals surface area contributed by atoms with Gasteiger partial charge in [0.05, 0.1) is 18.5 Å². The van der Waals surface area contributed by atoms with Crippen LogP contribution in [0.1, 0.15) is 25.2 Å². The number of benzene rings is 2. The van der Waals surface area contributed by atoms with Crippen molar-refractivity contribution >= 4 is 29.4 Å². The van der Waals surface area contributed by atoms with Crippen molar-refractivity contribution in [2.45, 2.75) is 27.3 Å². The Hall–Kier alpha value is -3.84. The van der Waals surface area contributed by atoms with E-state index in [4.69, 9.17) is 16.0 Å². The Morgan fingerprint density at radius 1 is 1.11 bits per heavy atom. The van der Waals surface area contributed by atoms with Crippen LogP contribution < -0.4 is 5.32 Å². The summed E-state index contributed by atoms with van der Waals surface area (Å²) in [5, 5.41) is 3.53. The van der Waals surface area contributed by atoms with Crippen LogP contribution in [-0.2, 0) is 16.1 Å². The summed E-state index contributed by atoms with van der Waals surface area (Å²) in [6.07, 6.45) is 3.41. The molecule has 0 saturated carbocycles. The van der Waals surface area contributed by atoms with Gasteiger partial charge in [-0.3, -0.25) is 19.5 Å². The van der Waals surface area contributed by atoms with Gasteiger partial charge in [0.2, 0.25) is 17.8 Å². The highest BCUT2D eigenvalue weighted by atomic mass is 35.5. The minimum absolute atomic E-state index is 0.130. The van der Waals surface area contributed by atoms with Gasteiger partial charge in [-0.1, -0.05) is 49.7 Å². The summed E-state index contributed by atoms with van der Waals surface area (Å²) in [4.78, 5) is 32.1. The second-order valence-corrected chi connectivity index (χ2v) is 9.08. The second-order valence-electron chi connectivity index (χ2n) is 8.64. The molecule has 2 amide bonds. The van der Waals surface area contributed by atoms with Crippen LogP contribution in [0.5, 0.6) is 0 Å². The Balaban J connectivity index is 1.62. The standard InChI is InChI=1S/C27H27ClN4O3/c1-18(2)26(34)31(15-23-8-5-13-35-23)17-25(33)30-27-29-24(20-9-11-21(28)12-10-20)16-32(27)22-7-4-6-19(3)14-22/h4-14,16,18H,15,17H2,1-3H3,(H,29,30,33). The summed E-state index contributed by atoms with van der Waals surface area (Å²) >= 11 is 6.04. The summed E-state index contributed by atoms with van der Waals surface area (Å²) in [7, 11) is 0. The van der Waals surface area contributed by atoms with Crippen molar-refractivity contribution in [3.63, 3.8) is 0 Å². The van der Waals surface area contributed by atoms with Crippen LogP contribution in [-0.4, -0.2) is 32.8 Å². The molecule has 0 atom stereocenters. The number of nitrogens with zero attached hydrogens (tertiary/aromatic N) is 3. The lowest BCUT2D eigenvalue weighted by molar-refractivity contribution is -0.138. The molecule has 2 heterocycles. The molecule has 0 spiro atoms. The van der Waals surface area contributed by atoms with E-state index >= 15 is 0 Å². The van der Waals surface area contributed by atoms with Gasteiger partial charge in [0, 0.05) is 28.4 Å². The summed E-state index contributed by atoms with van der Waals surface area (Å²) in [6.45, 7) is 5.69. The second kappa shape index (κ2) is 10.6. The van der Waals surface area contributed by atoms with Gasteiger partial charge in [-0.25, -0.2) is 4.98 Å². The highest BCUT2D eigenvalue weighted by Gasteiger charge is 2.22. The quantitative estimate of drug-likeness (QED) is 0.342. The van der Waals surface area contributed by atoms with Gasteiger partial charge in [-0.05, 0) is 48.9 Å². The molecule has 0 fully saturated rings. The molecule has 4 aromatic rings. The van der Waals surface area contributed by atoms with Crippen molar-refractivity contribution < 1.29 is 14.0 Å². The number of carbonyl (C=O) groups excluding carboxylic acids is 2. The molecule has 2 aromatic heterocycles. The fourth-order valence-electron chi connectivity index (χ4n) is 3.71. The van der Waals surface area contributed by atoms with Crippen molar-refractivity contribution in [1.82, 2.24) is 14.5 Å². The number of hydrogen-bond acceptors (Lipinski definition) is 4. The van der Waals surface area contributed by atoms with Crippen molar-refractivity contribution in [3.05, 3.63) is 89.5 Å². The van der Waals surface area contributed by atoms with Crippen LogP contribution in [0.2, 0.25) is 5.02 Å². The van der Waals surface area contributed by atoms with Crippen LogP contribution in [0.3, 0.4) is 0 Å². The van der Waals surface area contributed by atoms with E-state index in [9.17, 15) is 9.59 Å². The van der Waals surface area contributed by atoms with Crippen LogP contribution in [0.4, 0.5) is 5.95 Å². The zero-order valence-corrected chi connectivity index (χ0v) is 20.6. The van der Waals surface area contributed by atoms with Crippen LogP contribution in [0, 0.1) is 12.8 Å². The average Bonchev–Trinajstić information content (AvgIpc) is 3.48. The molecule has 4 rings (SSSR count). The van der Waals surface area contributed by atoms with Crippen molar-refractivity contribution in [2.75, 3.05) is 11.9 Å². The topological polar surface area (TPSA) is 80.4 Å². The van der Waals surface area contributed by atoms with Gasteiger partial charge in [0.15, 0.2) is 0 Å². The monoisotopic (exact) mass is 490 g/mol. The summed E-state index contributed by atoms with van der Waals surface area (Å²) in [5.74, 6) is 0.218. The summed E-state index contributed by atoms with van der Waals surface area (Å²) in [6, 6.07) is 18.8. The average molecular weight is 491 g/mol. The first-order valence-electron chi connectivity index (χ1n) is 11.3. The van der Waals surface area contributed by atoms with Gasteiger partial charge < -0.3 is 9.32 Å². The molecule has 0 unspecified atom stereocenters. The lowest BCUT2D eigenvalue weighted by Crippen LogP contribution is -2.39. The molecule has 180 valence electrons. The fraction of sp³-hybridized carbons (Fsp3) is 0.222. The molecular weight excluding hydrogens is 464 g/mol. The number of nitrogens with one attached hydrogen (secondary N) is 1. The maximum atomic E-state index is 13.1. The lowest BCUT2D eigenvalue weighted by atomic mass is 10.2. The SMILES string of the molecule is Cc1cccc(-n2cc(-c3ccc(Cl)cc3)nc2NC(=O)CN(Cc2ccco2)C(=O)C(C)C)c1. The third-order valence-corrected chi connectivity index (χ3v) is 5.70. The number of aryl methyl sites for hydroxylation is 1. The number of amides is 2. The van der Waals surface area contributed by atoms with E-state index in [-0.39, 0.29) is 30.8 Å². The smallest absolute Gasteiger partial charge is 0.246 e. The predicted octanol–water partition coefficient (Wildman–Crippen LogP) is 5.72. The van der Waals surface area contributed by atoms with Gasteiger partial charge in [0.25, 0.3) is 0 Å². The van der Waals surface area contributed by atoms with E-state index in [0.717, 1.165) is 16.8 Å². The molecule has 8 heteroatoms. The van der Waals surface area contributed by atoms with Crippen LogP contribution in [0.25, 0.3) is 16.9 Å². The van der Waals surface area contributed by atoms with Crippen LogP contribution in [0.15, 0.2) is 77.5 Å². The van der Waals surface area contributed by atoms with E-state index in [1.807, 2.05) is 54.1 Å². The number of imidazole rings is 1. The van der Waals surface area contributed by atoms with E-state index in [2.05, 4.69) is 10.3 Å². The zero-order valence-electron chi connectivity index (χ0n) is 19.9. The molecule has 0 aliphatic heterocycles. The molecule has 0 radical (unpaired) electrons. The maximum Gasteiger partial charge on any atom is 0.246 e. The Labute approximate surface area is 209 Å². The molecule has 0 saturated heterocycles. The third kappa shape index (κ3) is 6.00. The van der Waals surface area contributed by atoms with E-state index in [0.29, 0.717) is 22.4 Å². The Morgan fingerprint density at radius 2 is 1.89 bits per heavy atom. The molecule has 0 aliphatic rings.